The zero-order valence-corrected chi connectivity index (χ0v) is 11.3. The second-order valence-corrected chi connectivity index (χ2v) is 4.84. The molecule has 0 saturated carbocycles. The molecule has 0 bridgehead atoms. The van der Waals surface area contributed by atoms with Gasteiger partial charge in [-0.3, -0.25) is 20.0 Å². The van der Waals surface area contributed by atoms with E-state index in [1.807, 2.05) is 44.2 Å². The zero-order chi connectivity index (χ0) is 14.0. The van der Waals surface area contributed by atoms with Crippen LogP contribution in [0.15, 0.2) is 35.3 Å². The number of carbonyl (C=O) groups is 2. The van der Waals surface area contributed by atoms with Gasteiger partial charge in [0, 0.05) is 6.92 Å². The minimum atomic E-state index is -0.527. The molecule has 0 saturated heterocycles. The van der Waals surface area contributed by atoms with Crippen molar-refractivity contribution in [3.05, 3.63) is 30.3 Å². The fourth-order valence-corrected chi connectivity index (χ4v) is 1.89. The number of rotatable bonds is 3. The first-order chi connectivity index (χ1) is 9.00. The molecule has 0 spiro atoms. The van der Waals surface area contributed by atoms with E-state index < -0.39 is 6.04 Å². The van der Waals surface area contributed by atoms with E-state index in [-0.39, 0.29) is 23.4 Å². The van der Waals surface area contributed by atoms with Crippen LogP contribution in [0.25, 0.3) is 0 Å². The highest BCUT2D eigenvalue weighted by atomic mass is 16.2. The number of carbonyl (C=O) groups excluding carboxylic acids is 2. The number of anilines is 1. The SMILES string of the molecule is CC(=O)C1=NC(C(C)C)C(=O)N(c2ccccc2)N1. The summed E-state index contributed by atoms with van der Waals surface area (Å²) in [6.45, 7) is 5.26. The van der Waals surface area contributed by atoms with Gasteiger partial charge in [-0.15, -0.1) is 0 Å². The summed E-state index contributed by atoms with van der Waals surface area (Å²) in [5.74, 6) is -0.0670. The summed E-state index contributed by atoms with van der Waals surface area (Å²) in [5.41, 5.74) is 3.49. The van der Waals surface area contributed by atoms with Crippen LogP contribution < -0.4 is 10.4 Å². The van der Waals surface area contributed by atoms with Gasteiger partial charge in [-0.05, 0) is 18.1 Å². The van der Waals surface area contributed by atoms with E-state index in [1.165, 1.54) is 11.9 Å². The standard InChI is InChI=1S/C14H17N3O2/c1-9(2)12-14(19)17(11-7-5-4-6-8-11)16-13(15-12)10(3)18/h4-9,12H,1-3H3,(H,15,16). The Hall–Kier alpha value is -2.17. The fourth-order valence-electron chi connectivity index (χ4n) is 1.89. The summed E-state index contributed by atoms with van der Waals surface area (Å²) < 4.78 is 0. The highest BCUT2D eigenvalue weighted by Gasteiger charge is 2.34. The van der Waals surface area contributed by atoms with Crippen LogP contribution in [0.3, 0.4) is 0 Å². The molecule has 1 aliphatic rings. The van der Waals surface area contributed by atoms with Gasteiger partial charge in [0.1, 0.15) is 6.04 Å². The minimum Gasteiger partial charge on any atom is -0.291 e. The molecule has 0 aliphatic carbocycles. The Kier molecular flexibility index (Phi) is 3.64. The van der Waals surface area contributed by atoms with E-state index in [4.69, 9.17) is 0 Å². The molecular formula is C14H17N3O2. The molecule has 1 amide bonds. The minimum absolute atomic E-state index is 0.0372. The Morgan fingerprint density at radius 3 is 2.47 bits per heavy atom. The number of nitrogens with zero attached hydrogens (tertiary/aromatic N) is 2. The molecule has 5 heteroatoms. The third-order valence-corrected chi connectivity index (χ3v) is 2.94. The first-order valence-electron chi connectivity index (χ1n) is 6.25. The van der Waals surface area contributed by atoms with Crippen molar-refractivity contribution in [3.8, 4) is 0 Å². The number of amides is 1. The number of nitrogens with one attached hydrogen (secondary N) is 1. The lowest BCUT2D eigenvalue weighted by atomic mass is 10.0. The van der Waals surface area contributed by atoms with Crippen LogP contribution in [0.4, 0.5) is 5.69 Å². The van der Waals surface area contributed by atoms with Gasteiger partial charge < -0.3 is 0 Å². The maximum Gasteiger partial charge on any atom is 0.270 e. The molecule has 19 heavy (non-hydrogen) atoms. The Morgan fingerprint density at radius 1 is 1.32 bits per heavy atom. The first-order valence-corrected chi connectivity index (χ1v) is 6.25. The molecule has 1 aromatic rings. The van der Waals surface area contributed by atoms with E-state index in [0.29, 0.717) is 5.69 Å². The van der Waals surface area contributed by atoms with Gasteiger partial charge >= 0.3 is 0 Å². The van der Waals surface area contributed by atoms with Crippen molar-refractivity contribution >= 4 is 23.2 Å². The molecule has 1 heterocycles. The van der Waals surface area contributed by atoms with Crippen LogP contribution in [-0.4, -0.2) is 23.6 Å². The molecule has 5 nitrogen and oxygen atoms in total. The predicted molar refractivity (Wildman–Crippen MR) is 73.8 cm³/mol. The third kappa shape index (κ3) is 2.65. The van der Waals surface area contributed by atoms with Crippen molar-refractivity contribution in [2.45, 2.75) is 26.8 Å². The molecule has 0 aromatic heterocycles. The summed E-state index contributed by atoms with van der Waals surface area (Å²) in [5, 5.41) is 1.40. The second kappa shape index (κ2) is 5.22. The average Bonchev–Trinajstić information content (AvgIpc) is 2.39. The number of aliphatic imine (C=N–C) groups is 1. The van der Waals surface area contributed by atoms with Crippen molar-refractivity contribution in [2.24, 2.45) is 10.9 Å². The Morgan fingerprint density at radius 2 is 1.95 bits per heavy atom. The van der Waals surface area contributed by atoms with Crippen molar-refractivity contribution in [2.75, 3.05) is 5.01 Å². The van der Waals surface area contributed by atoms with Crippen LogP contribution in [-0.2, 0) is 9.59 Å². The third-order valence-electron chi connectivity index (χ3n) is 2.94. The van der Waals surface area contributed by atoms with Crippen LogP contribution >= 0.6 is 0 Å². The maximum atomic E-state index is 12.4. The van der Waals surface area contributed by atoms with Gasteiger partial charge in [-0.2, -0.15) is 0 Å². The molecule has 1 N–H and O–H groups in total. The van der Waals surface area contributed by atoms with E-state index >= 15 is 0 Å². The maximum absolute atomic E-state index is 12.4. The summed E-state index contributed by atoms with van der Waals surface area (Å²) in [6.07, 6.45) is 0. The zero-order valence-electron chi connectivity index (χ0n) is 11.3. The van der Waals surface area contributed by atoms with Crippen LogP contribution in [0.5, 0.6) is 0 Å². The summed E-state index contributed by atoms with van der Waals surface area (Å²) in [7, 11) is 0. The molecule has 100 valence electrons. The summed E-state index contributed by atoms with van der Waals surface area (Å²) in [4.78, 5) is 28.1. The van der Waals surface area contributed by atoms with E-state index in [2.05, 4.69) is 10.4 Å². The normalized spacial score (nSPS) is 19.2. The van der Waals surface area contributed by atoms with Crippen molar-refractivity contribution in [1.82, 2.24) is 5.43 Å². The molecule has 0 radical (unpaired) electrons. The van der Waals surface area contributed by atoms with E-state index in [9.17, 15) is 9.59 Å². The quantitative estimate of drug-likeness (QED) is 0.895. The van der Waals surface area contributed by atoms with Crippen molar-refractivity contribution in [3.63, 3.8) is 0 Å². The predicted octanol–water partition coefficient (Wildman–Crippen LogP) is 1.55. The number of Topliss-reactive ketones (excluding diaryl/α,β-unsaturated/α-hetero) is 1. The molecule has 1 atom stereocenters. The van der Waals surface area contributed by atoms with Crippen LogP contribution in [0.2, 0.25) is 0 Å². The monoisotopic (exact) mass is 259 g/mol. The van der Waals surface area contributed by atoms with Gasteiger partial charge in [-0.25, -0.2) is 5.01 Å². The van der Waals surface area contributed by atoms with Gasteiger partial charge in [0.05, 0.1) is 5.69 Å². The summed E-state index contributed by atoms with van der Waals surface area (Å²) >= 11 is 0. The van der Waals surface area contributed by atoms with Gasteiger partial charge in [0.15, 0.2) is 11.6 Å². The first kappa shape index (κ1) is 13.3. The van der Waals surface area contributed by atoms with E-state index in [0.717, 1.165) is 0 Å². The molecular weight excluding hydrogens is 242 g/mol. The summed E-state index contributed by atoms with van der Waals surface area (Å²) in [6, 6.07) is 8.65. The molecule has 1 aliphatic heterocycles. The smallest absolute Gasteiger partial charge is 0.270 e. The molecule has 1 aromatic carbocycles. The second-order valence-electron chi connectivity index (χ2n) is 4.84. The van der Waals surface area contributed by atoms with Crippen molar-refractivity contribution < 1.29 is 9.59 Å². The largest absolute Gasteiger partial charge is 0.291 e. The Bertz CT molecular complexity index is 523. The number of amidine groups is 1. The van der Waals surface area contributed by atoms with Gasteiger partial charge in [-0.1, -0.05) is 32.0 Å². The lowest BCUT2D eigenvalue weighted by Crippen LogP contribution is -2.57. The number of ketones is 1. The number of para-hydroxylation sites is 1. The molecule has 2 rings (SSSR count). The fraction of sp³-hybridized carbons (Fsp3) is 0.357. The Labute approximate surface area is 112 Å². The topological polar surface area (TPSA) is 61.8 Å². The molecule has 1 unspecified atom stereocenters. The van der Waals surface area contributed by atoms with Crippen LogP contribution in [0.1, 0.15) is 20.8 Å². The lowest BCUT2D eigenvalue weighted by molar-refractivity contribution is -0.121. The Balaban J connectivity index is 2.39. The highest BCUT2D eigenvalue weighted by molar-refractivity contribution is 6.39. The number of hydrogen-bond donors (Lipinski definition) is 1. The number of hydrogen-bond acceptors (Lipinski definition) is 4. The number of benzene rings is 1. The highest BCUT2D eigenvalue weighted by Crippen LogP contribution is 2.19. The van der Waals surface area contributed by atoms with E-state index in [1.54, 1.807) is 0 Å². The van der Waals surface area contributed by atoms with Crippen LogP contribution in [0, 0.1) is 5.92 Å². The van der Waals surface area contributed by atoms with Gasteiger partial charge in [0.25, 0.3) is 5.91 Å². The average molecular weight is 259 g/mol. The number of hydrazine groups is 1. The molecule has 0 fully saturated rings. The van der Waals surface area contributed by atoms with Crippen molar-refractivity contribution in [1.29, 1.82) is 0 Å². The van der Waals surface area contributed by atoms with Gasteiger partial charge in [0.2, 0.25) is 0 Å². The lowest BCUT2D eigenvalue weighted by Gasteiger charge is -2.32.